The Hall–Kier alpha value is 0.270. The molecule has 0 aliphatic rings. The van der Waals surface area contributed by atoms with Crippen LogP contribution < -0.4 is 22.1 Å². The van der Waals surface area contributed by atoms with Crippen molar-refractivity contribution < 1.29 is 9.79 Å². The van der Waals surface area contributed by atoms with Gasteiger partial charge in [0.05, 0.1) is 0 Å². The summed E-state index contributed by atoms with van der Waals surface area (Å²) in [6.07, 6.45) is 6.71. The molecule has 0 atom stereocenters. The number of rotatable bonds is 9. The van der Waals surface area contributed by atoms with Crippen LogP contribution in [-0.4, -0.2) is 18.5 Å². The van der Waals surface area contributed by atoms with Gasteiger partial charge in [0.25, 0.3) is 0 Å². The third-order valence-corrected chi connectivity index (χ3v) is 6.97. The van der Waals surface area contributed by atoms with Crippen molar-refractivity contribution in [1.82, 2.24) is 12.3 Å². The molecule has 8 N–H and O–H groups in total. The van der Waals surface area contributed by atoms with Gasteiger partial charge in [0.15, 0.2) is 0 Å². The topological polar surface area (TPSA) is 119 Å². The first-order valence-corrected chi connectivity index (χ1v) is 9.06. The summed E-state index contributed by atoms with van der Waals surface area (Å²) in [6.45, 7) is 6.16. The zero-order valence-corrected chi connectivity index (χ0v) is 13.5. The van der Waals surface area contributed by atoms with Crippen LogP contribution in [0, 0.1) is 0 Å². The monoisotopic (exact) mass is 270 g/mol. The van der Waals surface area contributed by atoms with Crippen molar-refractivity contribution in [1.29, 1.82) is 0 Å². The van der Waals surface area contributed by atoms with E-state index in [0.717, 1.165) is 38.5 Å². The van der Waals surface area contributed by atoms with Crippen LogP contribution in [0.2, 0.25) is 0 Å². The summed E-state index contributed by atoms with van der Waals surface area (Å²) < 4.78 is 0. The average molecular weight is 270 g/mol. The summed E-state index contributed by atoms with van der Waals surface area (Å²) in [5.41, 5.74) is 0. The molecular weight excluding hydrogens is 235 g/mol. The van der Waals surface area contributed by atoms with Crippen LogP contribution in [0.5, 0.6) is 0 Å². The second-order valence-electron chi connectivity index (χ2n) is 4.75. The normalized spacial score (nSPS) is 13.1. The predicted molar refractivity (Wildman–Crippen MR) is 78.2 cm³/mol. The average Bonchev–Trinajstić information content (AvgIpc) is 2.22. The summed E-state index contributed by atoms with van der Waals surface area (Å²) >= 11 is 0. The van der Waals surface area contributed by atoms with E-state index in [1.165, 1.54) is 0 Å². The molecule has 17 heavy (non-hydrogen) atoms. The Morgan fingerprint density at radius 1 is 0.647 bits per heavy atom. The summed E-state index contributed by atoms with van der Waals surface area (Å²) in [4.78, 5) is 25.1. The van der Waals surface area contributed by atoms with Crippen LogP contribution in [0.4, 0.5) is 0 Å². The molecule has 0 rings (SSSR count). The molecule has 0 aromatic rings. The maximum Gasteiger partial charge on any atom is -0.369 e. The van der Waals surface area contributed by atoms with Crippen LogP contribution in [0.3, 0.4) is 0 Å². The SMILES string of the molecule is CCCCP([O-])([O-])(CCCC)CCCC.[NH4+].[NH4+]. The van der Waals surface area contributed by atoms with Gasteiger partial charge in [-0.2, -0.15) is 0 Å². The van der Waals surface area contributed by atoms with Gasteiger partial charge in [-0.05, 0) is 0 Å². The smallest absolute Gasteiger partial charge is 0.369 e. The number of quaternary nitrogens is 2. The Balaban J connectivity index is -0.000000980. The maximum absolute atomic E-state index is 12.5. The standard InChI is InChI=1S/C12H27O2P.2H3N/c1-4-7-10-15(13,14,11-8-5-2)12-9-6-3;;/h4-12H2,1-3H3;2*1H3/q-2;;/p+2. The molecule has 4 nitrogen and oxygen atoms in total. The van der Waals surface area contributed by atoms with Crippen molar-refractivity contribution in [2.24, 2.45) is 0 Å². The number of unbranched alkanes of at least 4 members (excludes halogenated alkanes) is 3. The molecule has 0 spiro atoms. The molecule has 0 radical (unpaired) electrons. The van der Waals surface area contributed by atoms with E-state index in [4.69, 9.17) is 0 Å². The summed E-state index contributed by atoms with van der Waals surface area (Å²) in [7, 11) is -3.78. The van der Waals surface area contributed by atoms with Crippen molar-refractivity contribution in [3.05, 3.63) is 0 Å². The molecule has 0 aliphatic carbocycles. The van der Waals surface area contributed by atoms with E-state index in [1.54, 1.807) is 0 Å². The third-order valence-electron chi connectivity index (χ3n) is 3.03. The van der Waals surface area contributed by atoms with Crippen LogP contribution in [-0.2, 0) is 0 Å². The number of hydrogen-bond acceptors (Lipinski definition) is 2. The molecule has 5 heteroatoms. The first kappa shape index (κ1) is 22.5. The molecule has 0 saturated carbocycles. The zero-order chi connectivity index (χ0) is 11.8. The molecule has 0 fully saturated rings. The molecule has 0 heterocycles. The van der Waals surface area contributed by atoms with Crippen LogP contribution >= 0.6 is 7.06 Å². The Morgan fingerprint density at radius 3 is 1.06 bits per heavy atom. The van der Waals surface area contributed by atoms with E-state index < -0.39 is 7.06 Å². The number of hydrogen-bond donors (Lipinski definition) is 2. The van der Waals surface area contributed by atoms with Gasteiger partial charge in [-0.1, -0.05) is 0 Å². The zero-order valence-electron chi connectivity index (χ0n) is 12.6. The minimum Gasteiger partial charge on any atom is -0.369 e. The Kier molecular flexibility index (Phi) is 13.5. The fourth-order valence-electron chi connectivity index (χ4n) is 1.87. The van der Waals surface area contributed by atoms with E-state index in [0.29, 0.717) is 18.5 Å². The Bertz CT molecular complexity index is 149. The molecule has 0 amide bonds. The van der Waals surface area contributed by atoms with Crippen molar-refractivity contribution in [2.45, 2.75) is 59.3 Å². The van der Waals surface area contributed by atoms with Gasteiger partial charge in [-0.3, -0.25) is 0 Å². The van der Waals surface area contributed by atoms with Gasteiger partial charge in [0, 0.05) is 0 Å². The summed E-state index contributed by atoms with van der Waals surface area (Å²) in [6, 6.07) is 0. The first-order chi connectivity index (χ1) is 6.96. The van der Waals surface area contributed by atoms with Crippen molar-refractivity contribution >= 4 is 7.06 Å². The quantitative estimate of drug-likeness (QED) is 0.625. The van der Waals surface area contributed by atoms with Gasteiger partial charge in [-0.25, -0.2) is 0 Å². The van der Waals surface area contributed by atoms with Crippen molar-refractivity contribution in [3.63, 3.8) is 0 Å². The second-order valence-corrected chi connectivity index (χ2v) is 9.13. The Morgan fingerprint density at radius 2 is 0.882 bits per heavy atom. The molecule has 0 saturated heterocycles. The van der Waals surface area contributed by atoms with E-state index >= 15 is 0 Å². The third kappa shape index (κ3) is 9.93. The van der Waals surface area contributed by atoms with Gasteiger partial charge in [0.2, 0.25) is 0 Å². The van der Waals surface area contributed by atoms with Gasteiger partial charge in [0.1, 0.15) is 0 Å². The fourth-order valence-corrected chi connectivity index (χ4v) is 5.60. The van der Waals surface area contributed by atoms with E-state index in [-0.39, 0.29) is 12.3 Å². The van der Waals surface area contributed by atoms with E-state index in [9.17, 15) is 9.79 Å². The predicted octanol–water partition coefficient (Wildman–Crippen LogP) is 3.24. The second kappa shape index (κ2) is 10.2. The molecule has 0 aromatic heterocycles. The molecule has 0 unspecified atom stereocenters. The van der Waals surface area contributed by atoms with E-state index in [2.05, 4.69) is 20.8 Å². The van der Waals surface area contributed by atoms with Gasteiger partial charge >= 0.3 is 94.6 Å². The van der Waals surface area contributed by atoms with Gasteiger partial charge < -0.3 is 12.3 Å². The molecule has 110 valence electrons. The van der Waals surface area contributed by atoms with Gasteiger partial charge in [-0.15, -0.1) is 0 Å². The van der Waals surface area contributed by atoms with Crippen LogP contribution in [0.25, 0.3) is 0 Å². The molecule has 0 bridgehead atoms. The maximum atomic E-state index is 12.5. The first-order valence-electron chi connectivity index (χ1n) is 6.44. The largest absolute Gasteiger partial charge is 0.369 e. The summed E-state index contributed by atoms with van der Waals surface area (Å²) in [5, 5.41) is 0. The molecular formula is C12H35N2O2P. The van der Waals surface area contributed by atoms with Crippen LogP contribution in [0.15, 0.2) is 0 Å². The minimum absolute atomic E-state index is 0. The van der Waals surface area contributed by atoms with Crippen LogP contribution in [0.1, 0.15) is 59.3 Å². The molecule has 0 aliphatic heterocycles. The van der Waals surface area contributed by atoms with Crippen molar-refractivity contribution in [3.8, 4) is 0 Å². The minimum atomic E-state index is -3.78. The Labute approximate surface area is 107 Å². The van der Waals surface area contributed by atoms with E-state index in [1.807, 2.05) is 0 Å². The molecule has 0 aromatic carbocycles. The van der Waals surface area contributed by atoms with Crippen molar-refractivity contribution in [2.75, 3.05) is 18.5 Å². The summed E-state index contributed by atoms with van der Waals surface area (Å²) in [5.74, 6) is 0. The fraction of sp³-hybridized carbons (Fsp3) is 1.00.